The fourth-order valence-corrected chi connectivity index (χ4v) is 1.80. The van der Waals surface area contributed by atoms with Gasteiger partial charge in [0.05, 0.1) is 12.2 Å². The van der Waals surface area contributed by atoms with E-state index in [1.165, 1.54) is 23.1 Å². The first kappa shape index (κ1) is 13.9. The molecule has 0 atom stereocenters. The van der Waals surface area contributed by atoms with Crippen molar-refractivity contribution >= 4 is 21.8 Å². The average molecular weight is 302 g/mol. The molecule has 0 bridgehead atoms. The highest BCUT2D eigenvalue weighted by Gasteiger charge is 2.17. The molecule has 0 fully saturated rings. The summed E-state index contributed by atoms with van der Waals surface area (Å²) in [6, 6.07) is 3.91. The second-order valence-electron chi connectivity index (χ2n) is 3.39. The van der Waals surface area contributed by atoms with Crippen LogP contribution in [-0.4, -0.2) is 35.6 Å². The number of aliphatic hydroxyl groups excluding tert-OH is 1. The largest absolute Gasteiger partial charge is 0.395 e. The molecular weight excluding hydrogens is 289 g/mol. The Labute approximate surface area is 108 Å². The van der Waals surface area contributed by atoms with Gasteiger partial charge in [-0.3, -0.25) is 4.79 Å². The first-order valence-corrected chi connectivity index (χ1v) is 5.85. The maximum atomic E-state index is 13.1. The van der Waals surface area contributed by atoms with E-state index in [0.29, 0.717) is 11.0 Å². The molecule has 0 radical (unpaired) electrons. The maximum Gasteiger partial charge on any atom is 0.255 e. The molecule has 17 heavy (non-hydrogen) atoms. The molecule has 0 unspecified atom stereocenters. The van der Waals surface area contributed by atoms with Gasteiger partial charge >= 0.3 is 0 Å². The lowest BCUT2D eigenvalue weighted by atomic mass is 10.2. The quantitative estimate of drug-likeness (QED) is 0.847. The van der Waals surface area contributed by atoms with Crippen LogP contribution < -0.4 is 0 Å². The van der Waals surface area contributed by atoms with Crippen LogP contribution in [0.15, 0.2) is 35.3 Å². The van der Waals surface area contributed by atoms with E-state index in [9.17, 15) is 9.18 Å². The first-order chi connectivity index (χ1) is 8.10. The lowest BCUT2D eigenvalue weighted by molar-refractivity contribution is 0.0741. The van der Waals surface area contributed by atoms with Crippen molar-refractivity contribution in [1.29, 1.82) is 0 Å². The number of aliphatic hydroxyl groups is 1. The Morgan fingerprint density at radius 1 is 1.59 bits per heavy atom. The second kappa shape index (κ2) is 6.51. The van der Waals surface area contributed by atoms with Gasteiger partial charge in [-0.15, -0.1) is 6.58 Å². The van der Waals surface area contributed by atoms with Gasteiger partial charge in [0.25, 0.3) is 5.91 Å². The van der Waals surface area contributed by atoms with Crippen molar-refractivity contribution in [2.24, 2.45) is 0 Å². The van der Waals surface area contributed by atoms with Crippen LogP contribution in [0.25, 0.3) is 0 Å². The topological polar surface area (TPSA) is 40.5 Å². The normalized spacial score (nSPS) is 10.1. The van der Waals surface area contributed by atoms with E-state index in [1.54, 1.807) is 6.08 Å². The van der Waals surface area contributed by atoms with Gasteiger partial charge in [0.1, 0.15) is 5.82 Å². The van der Waals surface area contributed by atoms with Crippen molar-refractivity contribution in [3.8, 4) is 0 Å². The van der Waals surface area contributed by atoms with Crippen LogP contribution in [0.5, 0.6) is 0 Å². The maximum absolute atomic E-state index is 13.1. The number of rotatable bonds is 5. The van der Waals surface area contributed by atoms with Crippen LogP contribution in [0.2, 0.25) is 0 Å². The molecule has 0 saturated carbocycles. The molecule has 1 aromatic carbocycles. The van der Waals surface area contributed by atoms with Gasteiger partial charge in [-0.1, -0.05) is 6.08 Å². The van der Waals surface area contributed by atoms with Gasteiger partial charge in [0.15, 0.2) is 0 Å². The summed E-state index contributed by atoms with van der Waals surface area (Å²) in [5, 5.41) is 8.87. The summed E-state index contributed by atoms with van der Waals surface area (Å²) < 4.78 is 13.6. The summed E-state index contributed by atoms with van der Waals surface area (Å²) in [5.74, 6) is -0.815. The lowest BCUT2D eigenvalue weighted by Gasteiger charge is -2.20. The smallest absolute Gasteiger partial charge is 0.255 e. The van der Waals surface area contributed by atoms with Crippen LogP contribution in [0.3, 0.4) is 0 Å². The Balaban J connectivity index is 2.99. The molecule has 0 spiro atoms. The Bertz CT molecular complexity index is 423. The Hall–Kier alpha value is -1.20. The molecule has 0 aliphatic rings. The highest BCUT2D eigenvalue weighted by Crippen LogP contribution is 2.19. The van der Waals surface area contributed by atoms with Crippen LogP contribution in [0.1, 0.15) is 10.4 Å². The van der Waals surface area contributed by atoms with E-state index in [1.807, 2.05) is 0 Å². The minimum Gasteiger partial charge on any atom is -0.395 e. The minimum absolute atomic E-state index is 0.146. The van der Waals surface area contributed by atoms with Crippen molar-refractivity contribution in [3.63, 3.8) is 0 Å². The third kappa shape index (κ3) is 3.64. The number of nitrogens with zero attached hydrogens (tertiary/aromatic N) is 1. The molecule has 0 aliphatic heterocycles. The zero-order valence-electron chi connectivity index (χ0n) is 9.20. The Morgan fingerprint density at radius 3 is 2.88 bits per heavy atom. The molecule has 0 aliphatic carbocycles. The minimum atomic E-state index is -0.473. The van der Waals surface area contributed by atoms with Gasteiger partial charge in [0.2, 0.25) is 0 Å². The van der Waals surface area contributed by atoms with Gasteiger partial charge < -0.3 is 10.0 Å². The zero-order chi connectivity index (χ0) is 12.8. The summed E-state index contributed by atoms with van der Waals surface area (Å²) in [6.07, 6.45) is 1.56. The van der Waals surface area contributed by atoms with Crippen LogP contribution in [-0.2, 0) is 0 Å². The van der Waals surface area contributed by atoms with Crippen molar-refractivity contribution in [1.82, 2.24) is 4.90 Å². The standard InChI is InChI=1S/C12H13BrFNO2/c1-2-5-15(6-7-16)12(17)10-8-9(14)3-4-11(10)13/h2-4,8,16H,1,5-7H2. The lowest BCUT2D eigenvalue weighted by Crippen LogP contribution is -2.34. The number of carbonyl (C=O) groups excluding carboxylic acids is 1. The molecule has 1 amide bonds. The molecular formula is C12H13BrFNO2. The van der Waals surface area contributed by atoms with Gasteiger partial charge in [-0.05, 0) is 34.1 Å². The van der Waals surface area contributed by atoms with E-state index in [2.05, 4.69) is 22.5 Å². The number of hydrogen-bond acceptors (Lipinski definition) is 2. The molecule has 1 aromatic rings. The fourth-order valence-electron chi connectivity index (χ4n) is 1.38. The van der Waals surface area contributed by atoms with Crippen LogP contribution >= 0.6 is 15.9 Å². The van der Waals surface area contributed by atoms with Crippen molar-refractivity contribution in [2.75, 3.05) is 19.7 Å². The predicted octanol–water partition coefficient (Wildman–Crippen LogP) is 2.21. The molecule has 1 N–H and O–H groups in total. The van der Waals surface area contributed by atoms with E-state index in [-0.39, 0.29) is 24.6 Å². The van der Waals surface area contributed by atoms with Crippen LogP contribution in [0.4, 0.5) is 4.39 Å². The van der Waals surface area contributed by atoms with Gasteiger partial charge in [0, 0.05) is 17.6 Å². The summed E-state index contributed by atoms with van der Waals surface area (Å²) in [5.41, 5.74) is 0.236. The van der Waals surface area contributed by atoms with Crippen molar-refractivity contribution < 1.29 is 14.3 Å². The SMILES string of the molecule is C=CCN(CCO)C(=O)c1cc(F)ccc1Br. The number of hydrogen-bond donors (Lipinski definition) is 1. The van der Waals surface area contributed by atoms with Gasteiger partial charge in [-0.25, -0.2) is 4.39 Å². The highest BCUT2D eigenvalue weighted by atomic mass is 79.9. The monoisotopic (exact) mass is 301 g/mol. The number of halogens is 2. The molecule has 1 rings (SSSR count). The van der Waals surface area contributed by atoms with E-state index < -0.39 is 5.82 Å². The summed E-state index contributed by atoms with van der Waals surface area (Å²) in [6.45, 7) is 3.89. The molecule has 0 saturated heterocycles. The van der Waals surface area contributed by atoms with E-state index >= 15 is 0 Å². The molecule has 3 nitrogen and oxygen atoms in total. The van der Waals surface area contributed by atoms with E-state index in [0.717, 1.165) is 0 Å². The highest BCUT2D eigenvalue weighted by molar-refractivity contribution is 9.10. The Kier molecular flexibility index (Phi) is 5.31. The van der Waals surface area contributed by atoms with Crippen molar-refractivity contribution in [3.05, 3.63) is 46.7 Å². The zero-order valence-corrected chi connectivity index (χ0v) is 10.8. The third-order valence-corrected chi connectivity index (χ3v) is 2.86. The number of benzene rings is 1. The summed E-state index contributed by atoms with van der Waals surface area (Å²) in [7, 11) is 0. The first-order valence-electron chi connectivity index (χ1n) is 5.06. The van der Waals surface area contributed by atoms with Crippen molar-refractivity contribution in [2.45, 2.75) is 0 Å². The molecule has 0 aromatic heterocycles. The van der Waals surface area contributed by atoms with E-state index in [4.69, 9.17) is 5.11 Å². The fraction of sp³-hybridized carbons (Fsp3) is 0.250. The summed E-state index contributed by atoms with van der Waals surface area (Å²) >= 11 is 3.20. The number of amides is 1. The molecule has 5 heteroatoms. The van der Waals surface area contributed by atoms with Gasteiger partial charge in [-0.2, -0.15) is 0 Å². The predicted molar refractivity (Wildman–Crippen MR) is 67.3 cm³/mol. The average Bonchev–Trinajstić information content (AvgIpc) is 2.31. The molecule has 0 heterocycles. The van der Waals surface area contributed by atoms with Crippen LogP contribution in [0, 0.1) is 5.82 Å². The summed E-state index contributed by atoms with van der Waals surface area (Å²) in [4.78, 5) is 13.5. The third-order valence-electron chi connectivity index (χ3n) is 2.17. The second-order valence-corrected chi connectivity index (χ2v) is 4.24. The Morgan fingerprint density at radius 2 is 2.29 bits per heavy atom. The number of carbonyl (C=O) groups is 1. The molecule has 92 valence electrons.